The molecule has 0 unspecified atom stereocenters. The van der Waals surface area contributed by atoms with E-state index in [9.17, 15) is 0 Å². The zero-order valence-electron chi connectivity index (χ0n) is 10.3. The molecule has 2 aromatic rings. The minimum Gasteiger partial charge on any atom is -0.489 e. The summed E-state index contributed by atoms with van der Waals surface area (Å²) in [6.07, 6.45) is 2.68. The number of nitrogens with two attached hydrogens (primary N) is 1. The summed E-state index contributed by atoms with van der Waals surface area (Å²) in [5.41, 5.74) is 8.79. The molecule has 0 atom stereocenters. The second-order valence-corrected chi connectivity index (χ2v) is 4.09. The van der Waals surface area contributed by atoms with E-state index in [1.54, 1.807) is 0 Å². The summed E-state index contributed by atoms with van der Waals surface area (Å²) < 4.78 is 5.83. The Morgan fingerprint density at radius 3 is 2.39 bits per heavy atom. The van der Waals surface area contributed by atoms with Gasteiger partial charge in [-0.2, -0.15) is 0 Å². The molecule has 0 saturated carbocycles. The van der Waals surface area contributed by atoms with Crippen LogP contribution in [0.4, 0.5) is 5.69 Å². The lowest BCUT2D eigenvalue weighted by Crippen LogP contribution is -2.01. The lowest BCUT2D eigenvalue weighted by Gasteiger charge is -2.11. The van der Waals surface area contributed by atoms with E-state index in [0.717, 1.165) is 29.0 Å². The first-order valence-electron chi connectivity index (χ1n) is 5.96. The fourth-order valence-corrected chi connectivity index (χ4v) is 1.79. The number of para-hydroxylation sites is 2. The molecule has 0 bridgehead atoms. The zero-order valence-corrected chi connectivity index (χ0v) is 10.3. The van der Waals surface area contributed by atoms with Crippen LogP contribution in [-0.4, -0.2) is 0 Å². The SMILES string of the molecule is C=CCc1ccccc1OCc1ccccc1N. The molecule has 0 aromatic heterocycles. The highest BCUT2D eigenvalue weighted by Crippen LogP contribution is 2.21. The summed E-state index contributed by atoms with van der Waals surface area (Å²) in [5.74, 6) is 0.889. The first kappa shape index (κ1) is 12.2. The van der Waals surface area contributed by atoms with Crippen LogP contribution in [-0.2, 0) is 13.0 Å². The van der Waals surface area contributed by atoms with E-state index in [1.807, 2.05) is 54.6 Å². The molecule has 2 heteroatoms. The molecule has 2 aromatic carbocycles. The third-order valence-corrected chi connectivity index (χ3v) is 2.78. The maximum atomic E-state index is 5.89. The lowest BCUT2D eigenvalue weighted by molar-refractivity contribution is 0.304. The van der Waals surface area contributed by atoms with Crippen LogP contribution in [0.1, 0.15) is 11.1 Å². The smallest absolute Gasteiger partial charge is 0.123 e. The summed E-state index contributed by atoms with van der Waals surface area (Å²) in [6, 6.07) is 15.7. The van der Waals surface area contributed by atoms with Gasteiger partial charge < -0.3 is 10.5 Å². The molecule has 2 N–H and O–H groups in total. The summed E-state index contributed by atoms with van der Waals surface area (Å²) in [7, 11) is 0. The molecule has 0 fully saturated rings. The number of rotatable bonds is 5. The number of hydrogen-bond donors (Lipinski definition) is 1. The van der Waals surface area contributed by atoms with E-state index in [4.69, 9.17) is 10.5 Å². The van der Waals surface area contributed by atoms with E-state index in [1.165, 1.54) is 0 Å². The summed E-state index contributed by atoms with van der Waals surface area (Å²) in [6.45, 7) is 4.24. The van der Waals surface area contributed by atoms with Crippen LogP contribution in [0, 0.1) is 0 Å². The fraction of sp³-hybridized carbons (Fsp3) is 0.125. The van der Waals surface area contributed by atoms with E-state index < -0.39 is 0 Å². The third-order valence-electron chi connectivity index (χ3n) is 2.78. The number of anilines is 1. The maximum absolute atomic E-state index is 5.89. The van der Waals surface area contributed by atoms with Gasteiger partial charge in [0.1, 0.15) is 12.4 Å². The predicted octanol–water partition coefficient (Wildman–Crippen LogP) is 3.58. The average Bonchev–Trinajstić information content (AvgIpc) is 2.40. The molecular formula is C16H17NO. The topological polar surface area (TPSA) is 35.2 Å². The van der Waals surface area contributed by atoms with Gasteiger partial charge in [0, 0.05) is 11.3 Å². The molecule has 0 heterocycles. The largest absolute Gasteiger partial charge is 0.489 e. The fourth-order valence-electron chi connectivity index (χ4n) is 1.79. The predicted molar refractivity (Wildman–Crippen MR) is 75.5 cm³/mol. The van der Waals surface area contributed by atoms with Gasteiger partial charge in [0.2, 0.25) is 0 Å². The molecular weight excluding hydrogens is 222 g/mol. The van der Waals surface area contributed by atoms with Gasteiger partial charge in [-0.15, -0.1) is 6.58 Å². The second kappa shape index (κ2) is 5.92. The van der Waals surface area contributed by atoms with Crippen molar-refractivity contribution in [2.75, 3.05) is 5.73 Å². The Hall–Kier alpha value is -2.22. The van der Waals surface area contributed by atoms with Crippen LogP contribution in [0.5, 0.6) is 5.75 Å². The molecule has 0 amide bonds. The lowest BCUT2D eigenvalue weighted by atomic mass is 10.1. The first-order valence-corrected chi connectivity index (χ1v) is 5.96. The van der Waals surface area contributed by atoms with Crippen LogP contribution in [0.15, 0.2) is 61.2 Å². The minimum atomic E-state index is 0.487. The third kappa shape index (κ3) is 2.92. The number of hydrogen-bond acceptors (Lipinski definition) is 2. The minimum absolute atomic E-state index is 0.487. The Balaban J connectivity index is 2.11. The van der Waals surface area contributed by atoms with Crippen molar-refractivity contribution in [3.8, 4) is 5.75 Å². The molecule has 0 radical (unpaired) electrons. The van der Waals surface area contributed by atoms with Crippen molar-refractivity contribution in [2.45, 2.75) is 13.0 Å². The molecule has 92 valence electrons. The molecule has 2 rings (SSSR count). The van der Waals surface area contributed by atoms with Gasteiger partial charge in [-0.25, -0.2) is 0 Å². The van der Waals surface area contributed by atoms with Crippen molar-refractivity contribution in [1.82, 2.24) is 0 Å². The Labute approximate surface area is 108 Å². The van der Waals surface area contributed by atoms with E-state index >= 15 is 0 Å². The number of nitrogen functional groups attached to an aromatic ring is 1. The van der Waals surface area contributed by atoms with Crippen LogP contribution in [0.2, 0.25) is 0 Å². The summed E-state index contributed by atoms with van der Waals surface area (Å²) >= 11 is 0. The maximum Gasteiger partial charge on any atom is 0.123 e. The van der Waals surface area contributed by atoms with Crippen molar-refractivity contribution in [1.29, 1.82) is 0 Å². The quantitative estimate of drug-likeness (QED) is 0.639. The first-order chi connectivity index (χ1) is 8.81. The normalized spacial score (nSPS) is 10.0. The molecule has 0 spiro atoms. The zero-order chi connectivity index (χ0) is 12.8. The second-order valence-electron chi connectivity index (χ2n) is 4.09. The monoisotopic (exact) mass is 239 g/mol. The van der Waals surface area contributed by atoms with Gasteiger partial charge in [0.25, 0.3) is 0 Å². The Morgan fingerprint density at radius 1 is 1.00 bits per heavy atom. The standard InChI is InChI=1S/C16H17NO/c1-2-7-13-8-4-6-11-16(13)18-12-14-9-3-5-10-15(14)17/h2-6,8-11H,1,7,12,17H2. The van der Waals surface area contributed by atoms with E-state index in [0.29, 0.717) is 6.61 Å². The van der Waals surface area contributed by atoms with Gasteiger partial charge in [-0.05, 0) is 24.1 Å². The van der Waals surface area contributed by atoms with Gasteiger partial charge in [-0.1, -0.05) is 42.5 Å². The van der Waals surface area contributed by atoms with E-state index in [-0.39, 0.29) is 0 Å². The van der Waals surface area contributed by atoms with Crippen molar-refractivity contribution < 1.29 is 4.74 Å². The molecule has 0 aliphatic rings. The van der Waals surface area contributed by atoms with Crippen LogP contribution in [0.25, 0.3) is 0 Å². The van der Waals surface area contributed by atoms with Crippen molar-refractivity contribution in [3.05, 3.63) is 72.3 Å². The van der Waals surface area contributed by atoms with Gasteiger partial charge in [0.15, 0.2) is 0 Å². The summed E-state index contributed by atoms with van der Waals surface area (Å²) in [5, 5.41) is 0. The highest BCUT2D eigenvalue weighted by atomic mass is 16.5. The van der Waals surface area contributed by atoms with Gasteiger partial charge in [-0.3, -0.25) is 0 Å². The number of ether oxygens (including phenoxy) is 1. The molecule has 0 aliphatic heterocycles. The summed E-state index contributed by atoms with van der Waals surface area (Å²) in [4.78, 5) is 0. The molecule has 0 aliphatic carbocycles. The Bertz CT molecular complexity index is 534. The van der Waals surface area contributed by atoms with Crippen LogP contribution < -0.4 is 10.5 Å². The highest BCUT2D eigenvalue weighted by Gasteiger charge is 2.03. The van der Waals surface area contributed by atoms with Crippen LogP contribution in [0.3, 0.4) is 0 Å². The van der Waals surface area contributed by atoms with Gasteiger partial charge >= 0.3 is 0 Å². The van der Waals surface area contributed by atoms with Crippen molar-refractivity contribution in [2.24, 2.45) is 0 Å². The molecule has 0 saturated heterocycles. The number of benzene rings is 2. The van der Waals surface area contributed by atoms with Gasteiger partial charge in [0.05, 0.1) is 0 Å². The van der Waals surface area contributed by atoms with Crippen LogP contribution >= 0.6 is 0 Å². The van der Waals surface area contributed by atoms with Crippen molar-refractivity contribution in [3.63, 3.8) is 0 Å². The van der Waals surface area contributed by atoms with Crippen molar-refractivity contribution >= 4 is 5.69 Å². The van der Waals surface area contributed by atoms with E-state index in [2.05, 4.69) is 6.58 Å². The Morgan fingerprint density at radius 2 is 1.67 bits per heavy atom. The molecule has 18 heavy (non-hydrogen) atoms. The molecule has 2 nitrogen and oxygen atoms in total. The Kier molecular flexibility index (Phi) is 4.02. The number of allylic oxidation sites excluding steroid dienone is 1. The highest BCUT2D eigenvalue weighted by molar-refractivity contribution is 5.46. The average molecular weight is 239 g/mol.